The van der Waals surface area contributed by atoms with Crippen LogP contribution in [0.3, 0.4) is 0 Å². The van der Waals surface area contributed by atoms with Crippen LogP contribution in [0.15, 0.2) is 70.4 Å². The Morgan fingerprint density at radius 1 is 1.07 bits per heavy atom. The number of benzene rings is 2. The third-order valence-electron chi connectivity index (χ3n) is 4.95. The van der Waals surface area contributed by atoms with Crippen molar-refractivity contribution in [2.24, 2.45) is 5.16 Å². The smallest absolute Gasteiger partial charge is 0.213 e. The van der Waals surface area contributed by atoms with Crippen LogP contribution in [0.2, 0.25) is 0 Å². The lowest BCUT2D eigenvalue weighted by molar-refractivity contribution is 0.319. The molecule has 0 radical (unpaired) electrons. The van der Waals surface area contributed by atoms with E-state index in [-0.39, 0.29) is 0 Å². The van der Waals surface area contributed by atoms with E-state index in [1.54, 1.807) is 6.20 Å². The van der Waals surface area contributed by atoms with Crippen molar-refractivity contribution in [2.75, 3.05) is 0 Å². The van der Waals surface area contributed by atoms with E-state index in [9.17, 15) is 9.60 Å². The predicted octanol–water partition coefficient (Wildman–Crippen LogP) is 5.78. The number of hydrogen-bond donors (Lipinski definition) is 1. The van der Waals surface area contributed by atoms with E-state index in [0.717, 1.165) is 32.3 Å². The van der Waals surface area contributed by atoms with Gasteiger partial charge in [0, 0.05) is 23.3 Å². The van der Waals surface area contributed by atoms with Gasteiger partial charge in [0.2, 0.25) is 5.95 Å². The van der Waals surface area contributed by atoms with Gasteiger partial charge in [0.1, 0.15) is 0 Å². The summed E-state index contributed by atoms with van der Waals surface area (Å²) in [6.07, 6.45) is 3.39. The van der Waals surface area contributed by atoms with Crippen molar-refractivity contribution in [3.63, 3.8) is 0 Å². The van der Waals surface area contributed by atoms with Crippen LogP contribution < -0.4 is 0 Å². The van der Waals surface area contributed by atoms with Crippen LogP contribution in [0, 0.1) is 19.8 Å². The maximum atomic E-state index is 14.2. The van der Waals surface area contributed by atoms with E-state index in [4.69, 9.17) is 0 Å². The summed E-state index contributed by atoms with van der Waals surface area (Å²) in [6.45, 7) is 3.95. The van der Waals surface area contributed by atoms with Crippen LogP contribution in [0.25, 0.3) is 0 Å². The van der Waals surface area contributed by atoms with Gasteiger partial charge in [0.15, 0.2) is 0 Å². The summed E-state index contributed by atoms with van der Waals surface area (Å²) in [7, 11) is 0. The summed E-state index contributed by atoms with van der Waals surface area (Å²) in [5, 5.41) is 12.4. The number of rotatable bonds is 5. The standard InChI is InChI=1S/C22H20BrFN2O/c1-15-5-3-4-6-19(15)22(11-12-26-27,17-7-9-18(23)10-8-17)20-13-21(24)25-14-16(20)2/h3-10,12-14,27H,11H2,1-2H3. The second-order valence-electron chi connectivity index (χ2n) is 6.55. The summed E-state index contributed by atoms with van der Waals surface area (Å²) in [5.74, 6) is -0.536. The lowest BCUT2D eigenvalue weighted by Gasteiger charge is -2.37. The lowest BCUT2D eigenvalue weighted by Crippen LogP contribution is -2.32. The normalized spacial score (nSPS) is 13.6. The van der Waals surface area contributed by atoms with Gasteiger partial charge in [-0.1, -0.05) is 52.3 Å². The summed E-state index contributed by atoms with van der Waals surface area (Å²) < 4.78 is 15.2. The maximum Gasteiger partial charge on any atom is 0.213 e. The van der Waals surface area contributed by atoms with Crippen LogP contribution in [-0.2, 0) is 5.41 Å². The summed E-state index contributed by atoms with van der Waals surface area (Å²) in [5.41, 5.74) is 4.03. The van der Waals surface area contributed by atoms with Gasteiger partial charge in [-0.2, -0.15) is 4.39 Å². The third kappa shape index (κ3) is 3.65. The predicted molar refractivity (Wildman–Crippen MR) is 109 cm³/mol. The molecule has 0 spiro atoms. The number of nitrogens with zero attached hydrogens (tertiary/aromatic N) is 2. The van der Waals surface area contributed by atoms with Crippen molar-refractivity contribution in [1.29, 1.82) is 0 Å². The molecule has 1 heterocycles. The first-order chi connectivity index (χ1) is 13.0. The molecule has 1 aromatic heterocycles. The molecule has 0 fully saturated rings. The van der Waals surface area contributed by atoms with Crippen LogP contribution in [-0.4, -0.2) is 16.4 Å². The molecule has 0 saturated heterocycles. The molecule has 5 heteroatoms. The van der Waals surface area contributed by atoms with E-state index in [1.807, 2.05) is 62.4 Å². The zero-order chi connectivity index (χ0) is 19.4. The van der Waals surface area contributed by atoms with E-state index in [0.29, 0.717) is 6.42 Å². The first kappa shape index (κ1) is 19.2. The first-order valence-electron chi connectivity index (χ1n) is 8.59. The zero-order valence-electron chi connectivity index (χ0n) is 15.2. The second-order valence-corrected chi connectivity index (χ2v) is 7.47. The Bertz CT molecular complexity index is 972. The Morgan fingerprint density at radius 2 is 1.78 bits per heavy atom. The van der Waals surface area contributed by atoms with Gasteiger partial charge in [0.25, 0.3) is 0 Å². The molecule has 1 unspecified atom stereocenters. The van der Waals surface area contributed by atoms with Crippen molar-refractivity contribution in [3.8, 4) is 0 Å². The van der Waals surface area contributed by atoms with Crippen LogP contribution in [0.1, 0.15) is 34.2 Å². The van der Waals surface area contributed by atoms with Gasteiger partial charge in [-0.05, 0) is 59.9 Å². The largest absolute Gasteiger partial charge is 0.411 e. The Morgan fingerprint density at radius 3 is 2.44 bits per heavy atom. The molecule has 3 rings (SSSR count). The lowest BCUT2D eigenvalue weighted by atomic mass is 9.65. The van der Waals surface area contributed by atoms with Crippen molar-refractivity contribution in [1.82, 2.24) is 4.98 Å². The van der Waals surface area contributed by atoms with Crippen molar-refractivity contribution in [2.45, 2.75) is 25.7 Å². The Labute approximate surface area is 166 Å². The number of hydrogen-bond acceptors (Lipinski definition) is 3. The molecule has 2 aromatic carbocycles. The molecule has 1 atom stereocenters. The molecule has 3 nitrogen and oxygen atoms in total. The highest BCUT2D eigenvalue weighted by Crippen LogP contribution is 2.44. The number of halogens is 2. The number of aromatic nitrogens is 1. The van der Waals surface area contributed by atoms with Crippen molar-refractivity contribution < 1.29 is 9.60 Å². The second kappa shape index (κ2) is 8.01. The fourth-order valence-corrected chi connectivity index (χ4v) is 3.98. The average Bonchev–Trinajstić information content (AvgIpc) is 2.67. The minimum absolute atomic E-state index is 0.375. The molecule has 27 heavy (non-hydrogen) atoms. The SMILES string of the molecule is Cc1ccccc1C(CC=NO)(c1ccc(Br)cc1)c1cc(F)ncc1C. The fourth-order valence-electron chi connectivity index (χ4n) is 3.72. The van der Waals surface area contributed by atoms with E-state index < -0.39 is 11.4 Å². The molecule has 0 amide bonds. The summed E-state index contributed by atoms with van der Waals surface area (Å²) in [6, 6.07) is 17.5. The fraction of sp³-hybridized carbons (Fsp3) is 0.182. The van der Waals surface area contributed by atoms with E-state index in [2.05, 4.69) is 26.1 Å². The quantitative estimate of drug-likeness (QED) is 0.243. The van der Waals surface area contributed by atoms with Gasteiger partial charge in [-0.15, -0.1) is 5.16 Å². The molecule has 3 aromatic rings. The summed E-state index contributed by atoms with van der Waals surface area (Å²) in [4.78, 5) is 3.80. The van der Waals surface area contributed by atoms with Crippen molar-refractivity contribution in [3.05, 3.63) is 99.0 Å². The van der Waals surface area contributed by atoms with Gasteiger partial charge in [0.05, 0.1) is 5.41 Å². The van der Waals surface area contributed by atoms with Crippen LogP contribution >= 0.6 is 15.9 Å². The third-order valence-corrected chi connectivity index (χ3v) is 5.48. The highest BCUT2D eigenvalue weighted by Gasteiger charge is 2.38. The highest BCUT2D eigenvalue weighted by atomic mass is 79.9. The van der Waals surface area contributed by atoms with E-state index in [1.165, 1.54) is 12.3 Å². The Hall–Kier alpha value is -2.53. The Kier molecular flexibility index (Phi) is 5.71. The highest BCUT2D eigenvalue weighted by molar-refractivity contribution is 9.10. The molecule has 0 bridgehead atoms. The summed E-state index contributed by atoms with van der Waals surface area (Å²) >= 11 is 3.48. The number of aryl methyl sites for hydroxylation is 2. The van der Waals surface area contributed by atoms with Gasteiger partial charge in [-0.25, -0.2) is 4.98 Å². The topological polar surface area (TPSA) is 45.5 Å². The van der Waals surface area contributed by atoms with E-state index >= 15 is 0 Å². The van der Waals surface area contributed by atoms with Gasteiger partial charge >= 0.3 is 0 Å². The van der Waals surface area contributed by atoms with Gasteiger partial charge in [-0.3, -0.25) is 0 Å². The molecular formula is C22H20BrFN2O. The first-order valence-corrected chi connectivity index (χ1v) is 9.39. The molecule has 0 aliphatic rings. The molecule has 0 saturated carbocycles. The maximum absolute atomic E-state index is 14.2. The molecule has 0 aliphatic heterocycles. The van der Waals surface area contributed by atoms with Gasteiger partial charge < -0.3 is 5.21 Å². The molecular weight excluding hydrogens is 407 g/mol. The zero-order valence-corrected chi connectivity index (χ0v) is 16.7. The minimum Gasteiger partial charge on any atom is -0.411 e. The molecule has 1 N–H and O–H groups in total. The molecule has 0 aliphatic carbocycles. The van der Waals surface area contributed by atoms with Crippen molar-refractivity contribution >= 4 is 22.1 Å². The molecule has 138 valence electrons. The average molecular weight is 427 g/mol. The monoisotopic (exact) mass is 426 g/mol. The minimum atomic E-state index is -0.716. The van der Waals surface area contributed by atoms with Crippen LogP contribution in [0.5, 0.6) is 0 Å². The Balaban J connectivity index is 2.43. The van der Waals surface area contributed by atoms with Crippen LogP contribution in [0.4, 0.5) is 4.39 Å². The number of pyridine rings is 1. The number of oxime groups is 1.